The number of oxime groups is 1. The number of anilines is 1. The van der Waals surface area contributed by atoms with Crippen molar-refractivity contribution in [2.24, 2.45) is 5.16 Å². The Labute approximate surface area is 97.4 Å². The standard InChI is InChI=1S/C10H11ClN2O3/c1-10(2)7-5-6(9(11)12-14)3-4-8(7)13(15)16-10/h3-5,14-15H,1-2H3. The molecule has 0 unspecified atom stereocenters. The van der Waals surface area contributed by atoms with Crippen LogP contribution >= 0.6 is 11.6 Å². The lowest BCUT2D eigenvalue weighted by Crippen LogP contribution is -2.22. The molecule has 2 rings (SSSR count). The minimum Gasteiger partial charge on any atom is -0.410 e. The Kier molecular flexibility index (Phi) is 2.53. The number of fused-ring (bicyclic) bond motifs is 1. The molecule has 16 heavy (non-hydrogen) atoms. The molecule has 0 atom stereocenters. The molecule has 5 nitrogen and oxygen atoms in total. The van der Waals surface area contributed by atoms with Crippen LogP contribution in [-0.4, -0.2) is 15.6 Å². The van der Waals surface area contributed by atoms with E-state index in [-0.39, 0.29) is 5.17 Å². The van der Waals surface area contributed by atoms with Gasteiger partial charge in [0.25, 0.3) is 0 Å². The van der Waals surface area contributed by atoms with Gasteiger partial charge in [-0.1, -0.05) is 16.8 Å². The van der Waals surface area contributed by atoms with Crippen molar-refractivity contribution < 1.29 is 15.3 Å². The Hall–Kier alpha value is -1.30. The van der Waals surface area contributed by atoms with Crippen LogP contribution in [-0.2, 0) is 10.4 Å². The third kappa shape index (κ3) is 1.63. The van der Waals surface area contributed by atoms with Gasteiger partial charge in [0, 0.05) is 11.1 Å². The second-order valence-corrected chi connectivity index (χ2v) is 4.36. The number of halogens is 1. The quantitative estimate of drug-likeness (QED) is 0.451. The van der Waals surface area contributed by atoms with Gasteiger partial charge in [-0.2, -0.15) is 0 Å². The van der Waals surface area contributed by atoms with E-state index in [0.717, 1.165) is 10.8 Å². The molecule has 1 heterocycles. The predicted molar refractivity (Wildman–Crippen MR) is 59.0 cm³/mol. The summed E-state index contributed by atoms with van der Waals surface area (Å²) < 4.78 is 0. The van der Waals surface area contributed by atoms with Crippen LogP contribution in [0.15, 0.2) is 23.4 Å². The summed E-state index contributed by atoms with van der Waals surface area (Å²) in [5.41, 5.74) is 1.24. The topological polar surface area (TPSA) is 65.3 Å². The highest BCUT2D eigenvalue weighted by Gasteiger charge is 2.36. The van der Waals surface area contributed by atoms with E-state index in [4.69, 9.17) is 21.6 Å². The molecule has 1 aromatic carbocycles. The monoisotopic (exact) mass is 242 g/mol. The van der Waals surface area contributed by atoms with Gasteiger partial charge in [-0.05, 0) is 32.0 Å². The Morgan fingerprint density at radius 3 is 2.81 bits per heavy atom. The second kappa shape index (κ2) is 3.62. The van der Waals surface area contributed by atoms with Crippen LogP contribution in [0.25, 0.3) is 0 Å². The van der Waals surface area contributed by atoms with E-state index < -0.39 is 5.60 Å². The van der Waals surface area contributed by atoms with Gasteiger partial charge in [0.1, 0.15) is 11.3 Å². The molecular weight excluding hydrogens is 232 g/mol. The first-order chi connectivity index (χ1) is 7.45. The van der Waals surface area contributed by atoms with E-state index in [1.807, 2.05) is 13.8 Å². The maximum absolute atomic E-state index is 9.50. The predicted octanol–water partition coefficient (Wildman–Crippen LogP) is 2.44. The van der Waals surface area contributed by atoms with Gasteiger partial charge in [-0.25, -0.2) is 4.84 Å². The van der Waals surface area contributed by atoms with Gasteiger partial charge in [-0.15, -0.1) is 5.23 Å². The molecule has 1 aliphatic rings. The van der Waals surface area contributed by atoms with Gasteiger partial charge in [0.15, 0.2) is 5.17 Å². The molecule has 0 radical (unpaired) electrons. The zero-order valence-corrected chi connectivity index (χ0v) is 9.56. The molecule has 0 saturated carbocycles. The van der Waals surface area contributed by atoms with Crippen LogP contribution in [0.1, 0.15) is 25.0 Å². The molecular formula is C10H11ClN2O3. The van der Waals surface area contributed by atoms with E-state index in [1.165, 1.54) is 0 Å². The lowest BCUT2D eigenvalue weighted by atomic mass is 9.96. The van der Waals surface area contributed by atoms with Crippen molar-refractivity contribution in [3.8, 4) is 0 Å². The van der Waals surface area contributed by atoms with E-state index in [2.05, 4.69) is 5.16 Å². The molecule has 0 fully saturated rings. The van der Waals surface area contributed by atoms with Gasteiger partial charge < -0.3 is 5.21 Å². The Morgan fingerprint density at radius 2 is 2.19 bits per heavy atom. The zero-order valence-electron chi connectivity index (χ0n) is 8.81. The zero-order chi connectivity index (χ0) is 11.9. The molecule has 0 saturated heterocycles. The minimum absolute atomic E-state index is 0.00464. The average Bonchev–Trinajstić information content (AvgIpc) is 2.48. The highest BCUT2D eigenvalue weighted by Crippen LogP contribution is 2.41. The summed E-state index contributed by atoms with van der Waals surface area (Å²) in [6.45, 7) is 3.63. The van der Waals surface area contributed by atoms with E-state index in [0.29, 0.717) is 11.3 Å². The SMILES string of the molecule is CC1(C)ON(O)c2ccc(C(Cl)=NO)cc21. The Morgan fingerprint density at radius 1 is 1.50 bits per heavy atom. The Balaban J connectivity index is 2.55. The summed E-state index contributed by atoms with van der Waals surface area (Å²) in [4.78, 5) is 5.23. The van der Waals surface area contributed by atoms with E-state index in [9.17, 15) is 5.21 Å². The summed E-state index contributed by atoms with van der Waals surface area (Å²) in [6.07, 6.45) is 0. The van der Waals surface area contributed by atoms with Crippen molar-refractivity contribution in [3.63, 3.8) is 0 Å². The first-order valence-corrected chi connectivity index (χ1v) is 5.04. The Bertz CT molecular complexity index is 459. The number of benzene rings is 1. The lowest BCUT2D eigenvalue weighted by Gasteiger charge is -2.17. The normalized spacial score (nSPS) is 18.8. The fourth-order valence-electron chi connectivity index (χ4n) is 1.69. The van der Waals surface area contributed by atoms with E-state index >= 15 is 0 Å². The minimum atomic E-state index is -0.646. The first-order valence-electron chi connectivity index (χ1n) is 4.66. The van der Waals surface area contributed by atoms with Crippen LogP contribution in [0.2, 0.25) is 0 Å². The number of nitrogens with zero attached hydrogens (tertiary/aromatic N) is 2. The van der Waals surface area contributed by atoms with Crippen molar-refractivity contribution in [3.05, 3.63) is 29.3 Å². The summed E-state index contributed by atoms with van der Waals surface area (Å²) in [5, 5.41) is 21.7. The highest BCUT2D eigenvalue weighted by atomic mass is 35.5. The summed E-state index contributed by atoms with van der Waals surface area (Å²) in [7, 11) is 0. The highest BCUT2D eigenvalue weighted by molar-refractivity contribution is 6.69. The maximum Gasteiger partial charge on any atom is 0.175 e. The molecule has 0 aromatic heterocycles. The number of hydrogen-bond donors (Lipinski definition) is 2. The third-order valence-electron chi connectivity index (χ3n) is 2.49. The fraction of sp³-hybridized carbons (Fsp3) is 0.300. The number of hydrogen-bond acceptors (Lipinski definition) is 5. The smallest absolute Gasteiger partial charge is 0.175 e. The van der Waals surface area contributed by atoms with Gasteiger partial charge in [0.05, 0.1) is 0 Å². The maximum atomic E-state index is 9.50. The summed E-state index contributed by atoms with van der Waals surface area (Å²) >= 11 is 5.70. The van der Waals surface area contributed by atoms with Crippen LogP contribution in [0.4, 0.5) is 5.69 Å². The summed E-state index contributed by atoms with van der Waals surface area (Å²) in [5.74, 6) is 0. The van der Waals surface area contributed by atoms with Gasteiger partial charge >= 0.3 is 0 Å². The molecule has 2 N–H and O–H groups in total. The van der Waals surface area contributed by atoms with Crippen molar-refractivity contribution in [1.82, 2.24) is 0 Å². The van der Waals surface area contributed by atoms with Crippen molar-refractivity contribution in [2.75, 3.05) is 5.23 Å². The molecule has 1 aromatic rings. The molecule has 0 amide bonds. The molecule has 6 heteroatoms. The van der Waals surface area contributed by atoms with Crippen LogP contribution in [0, 0.1) is 0 Å². The summed E-state index contributed by atoms with van der Waals surface area (Å²) in [6, 6.07) is 5.00. The largest absolute Gasteiger partial charge is 0.410 e. The van der Waals surface area contributed by atoms with Crippen molar-refractivity contribution in [1.29, 1.82) is 0 Å². The van der Waals surface area contributed by atoms with Gasteiger partial charge in [-0.3, -0.25) is 5.21 Å². The first kappa shape index (κ1) is 11.2. The molecule has 0 bridgehead atoms. The van der Waals surface area contributed by atoms with Crippen LogP contribution in [0.3, 0.4) is 0 Å². The molecule has 0 spiro atoms. The van der Waals surface area contributed by atoms with Crippen molar-refractivity contribution in [2.45, 2.75) is 19.4 Å². The van der Waals surface area contributed by atoms with Gasteiger partial charge in [0.2, 0.25) is 0 Å². The van der Waals surface area contributed by atoms with Crippen LogP contribution < -0.4 is 5.23 Å². The number of rotatable bonds is 1. The second-order valence-electron chi connectivity index (χ2n) is 4.00. The fourth-order valence-corrected chi connectivity index (χ4v) is 1.80. The molecule has 86 valence electrons. The molecule has 0 aliphatic carbocycles. The average molecular weight is 243 g/mol. The van der Waals surface area contributed by atoms with Crippen molar-refractivity contribution >= 4 is 22.5 Å². The molecule has 1 aliphatic heterocycles. The third-order valence-corrected chi connectivity index (χ3v) is 2.79. The van der Waals surface area contributed by atoms with E-state index in [1.54, 1.807) is 18.2 Å². The lowest BCUT2D eigenvalue weighted by molar-refractivity contribution is -0.111. The van der Waals surface area contributed by atoms with Crippen LogP contribution in [0.5, 0.6) is 0 Å².